The van der Waals surface area contributed by atoms with E-state index in [1.807, 2.05) is 13.0 Å². The molecule has 0 amide bonds. The molecule has 3 N–H and O–H groups in total. The van der Waals surface area contributed by atoms with Gasteiger partial charge in [-0.3, -0.25) is 11.3 Å². The molecule has 0 bridgehead atoms. The average molecular weight is 250 g/mol. The molecule has 0 radical (unpaired) electrons. The summed E-state index contributed by atoms with van der Waals surface area (Å²) >= 11 is 0. The molecule has 3 heteroatoms. The van der Waals surface area contributed by atoms with Crippen molar-refractivity contribution in [1.82, 2.24) is 5.43 Å². The Hall–Kier alpha value is -0.930. The number of hydrogen-bond acceptors (Lipinski definition) is 2. The van der Waals surface area contributed by atoms with Crippen LogP contribution in [0.1, 0.15) is 55.7 Å². The molecule has 0 saturated heterocycles. The second-order valence-corrected chi connectivity index (χ2v) is 5.45. The molecule has 1 aliphatic carbocycles. The van der Waals surface area contributed by atoms with Crippen molar-refractivity contribution in [1.29, 1.82) is 0 Å². The highest BCUT2D eigenvalue weighted by Crippen LogP contribution is 2.31. The van der Waals surface area contributed by atoms with E-state index in [1.165, 1.54) is 38.2 Å². The summed E-state index contributed by atoms with van der Waals surface area (Å²) in [4.78, 5) is 0. The predicted octanol–water partition coefficient (Wildman–Crippen LogP) is 3.61. The highest BCUT2D eigenvalue weighted by Gasteiger charge is 2.18. The quantitative estimate of drug-likeness (QED) is 0.619. The van der Waals surface area contributed by atoms with E-state index in [1.54, 1.807) is 6.07 Å². The summed E-state index contributed by atoms with van der Waals surface area (Å²) in [6.07, 6.45) is 7.72. The number of halogens is 1. The van der Waals surface area contributed by atoms with E-state index in [-0.39, 0.29) is 11.9 Å². The number of nitrogens with one attached hydrogen (secondary N) is 1. The molecule has 0 heterocycles. The maximum atomic E-state index is 13.1. The third-order valence-electron chi connectivity index (χ3n) is 4.15. The Morgan fingerprint density at radius 1 is 1.39 bits per heavy atom. The zero-order chi connectivity index (χ0) is 13.0. The molecule has 18 heavy (non-hydrogen) atoms. The van der Waals surface area contributed by atoms with Crippen LogP contribution in [0.3, 0.4) is 0 Å². The van der Waals surface area contributed by atoms with Crippen LogP contribution in [-0.2, 0) is 0 Å². The predicted molar refractivity (Wildman–Crippen MR) is 72.4 cm³/mol. The lowest BCUT2D eigenvalue weighted by Crippen LogP contribution is -2.29. The van der Waals surface area contributed by atoms with Gasteiger partial charge < -0.3 is 0 Å². The van der Waals surface area contributed by atoms with Gasteiger partial charge in [-0.2, -0.15) is 0 Å². The van der Waals surface area contributed by atoms with Gasteiger partial charge in [0.2, 0.25) is 0 Å². The molecule has 1 aliphatic rings. The number of benzene rings is 1. The summed E-state index contributed by atoms with van der Waals surface area (Å²) in [6, 6.07) is 5.09. The molecule has 2 nitrogen and oxygen atoms in total. The van der Waals surface area contributed by atoms with Gasteiger partial charge in [0.05, 0.1) is 0 Å². The van der Waals surface area contributed by atoms with Crippen LogP contribution in [0.15, 0.2) is 18.2 Å². The first-order valence-corrected chi connectivity index (χ1v) is 6.93. The van der Waals surface area contributed by atoms with E-state index in [0.29, 0.717) is 0 Å². The second kappa shape index (κ2) is 6.30. The third kappa shape index (κ3) is 3.30. The van der Waals surface area contributed by atoms with Gasteiger partial charge in [-0.25, -0.2) is 4.39 Å². The second-order valence-electron chi connectivity index (χ2n) is 5.45. The van der Waals surface area contributed by atoms with Crippen LogP contribution in [0.2, 0.25) is 0 Å². The smallest absolute Gasteiger partial charge is 0.123 e. The zero-order valence-corrected chi connectivity index (χ0v) is 11.1. The van der Waals surface area contributed by atoms with E-state index < -0.39 is 0 Å². The van der Waals surface area contributed by atoms with Crippen molar-refractivity contribution in [3.05, 3.63) is 35.1 Å². The largest absolute Gasteiger partial charge is 0.271 e. The highest BCUT2D eigenvalue weighted by atomic mass is 19.1. The molecule has 2 rings (SSSR count). The van der Waals surface area contributed by atoms with E-state index in [9.17, 15) is 4.39 Å². The first-order chi connectivity index (χ1) is 8.70. The van der Waals surface area contributed by atoms with Crippen LogP contribution in [-0.4, -0.2) is 0 Å². The SMILES string of the molecule is Cc1cc(F)ccc1C(CCC1CCCC1)NN. The topological polar surface area (TPSA) is 38.0 Å². The minimum atomic E-state index is -0.178. The Morgan fingerprint density at radius 3 is 2.72 bits per heavy atom. The summed E-state index contributed by atoms with van der Waals surface area (Å²) in [5.41, 5.74) is 4.98. The van der Waals surface area contributed by atoms with Gasteiger partial charge in [0.15, 0.2) is 0 Å². The van der Waals surface area contributed by atoms with Crippen LogP contribution in [0.25, 0.3) is 0 Å². The lowest BCUT2D eigenvalue weighted by molar-refractivity contribution is 0.415. The molecular formula is C15H23FN2. The van der Waals surface area contributed by atoms with Crippen molar-refractivity contribution in [2.45, 2.75) is 51.5 Å². The normalized spacial score (nSPS) is 18.2. The number of nitrogens with two attached hydrogens (primary N) is 1. The van der Waals surface area contributed by atoms with Crippen molar-refractivity contribution >= 4 is 0 Å². The molecule has 1 atom stereocenters. The molecule has 100 valence electrons. The summed E-state index contributed by atoms with van der Waals surface area (Å²) in [7, 11) is 0. The molecule has 1 aromatic carbocycles. The van der Waals surface area contributed by atoms with Crippen LogP contribution < -0.4 is 11.3 Å². The minimum Gasteiger partial charge on any atom is -0.271 e. The number of hydrazine groups is 1. The van der Waals surface area contributed by atoms with Gasteiger partial charge in [0, 0.05) is 6.04 Å². The maximum Gasteiger partial charge on any atom is 0.123 e. The zero-order valence-electron chi connectivity index (χ0n) is 11.1. The van der Waals surface area contributed by atoms with Crippen LogP contribution in [0.5, 0.6) is 0 Å². The minimum absolute atomic E-state index is 0.145. The van der Waals surface area contributed by atoms with Gasteiger partial charge in [-0.15, -0.1) is 0 Å². The fourth-order valence-electron chi connectivity index (χ4n) is 3.06. The number of hydrogen-bond donors (Lipinski definition) is 2. The van der Waals surface area contributed by atoms with Crippen LogP contribution in [0, 0.1) is 18.7 Å². The van der Waals surface area contributed by atoms with Crippen molar-refractivity contribution < 1.29 is 4.39 Å². The number of aryl methyl sites for hydroxylation is 1. The standard InChI is InChI=1S/C15H23FN2/c1-11-10-13(16)7-8-14(11)15(18-17)9-6-12-4-2-3-5-12/h7-8,10,12,15,18H,2-6,9,17H2,1H3. The van der Waals surface area contributed by atoms with Crippen molar-refractivity contribution in [3.8, 4) is 0 Å². The van der Waals surface area contributed by atoms with E-state index in [2.05, 4.69) is 5.43 Å². The van der Waals surface area contributed by atoms with Crippen molar-refractivity contribution in [3.63, 3.8) is 0 Å². The summed E-state index contributed by atoms with van der Waals surface area (Å²) in [6.45, 7) is 1.94. The molecule has 0 aromatic heterocycles. The fourth-order valence-corrected chi connectivity index (χ4v) is 3.06. The Bertz CT molecular complexity index is 386. The monoisotopic (exact) mass is 250 g/mol. The Labute approximate surface area is 109 Å². The lowest BCUT2D eigenvalue weighted by atomic mass is 9.93. The van der Waals surface area contributed by atoms with Gasteiger partial charge in [0.25, 0.3) is 0 Å². The Balaban J connectivity index is 1.98. The molecule has 0 spiro atoms. The van der Waals surface area contributed by atoms with E-state index in [0.717, 1.165) is 23.5 Å². The van der Waals surface area contributed by atoms with Crippen LogP contribution in [0.4, 0.5) is 4.39 Å². The summed E-state index contributed by atoms with van der Waals surface area (Å²) < 4.78 is 13.1. The van der Waals surface area contributed by atoms with Crippen LogP contribution >= 0.6 is 0 Å². The number of rotatable bonds is 5. The molecule has 0 aliphatic heterocycles. The summed E-state index contributed by atoms with van der Waals surface area (Å²) in [5.74, 6) is 6.34. The maximum absolute atomic E-state index is 13.1. The lowest BCUT2D eigenvalue weighted by Gasteiger charge is -2.20. The molecule has 1 fully saturated rings. The van der Waals surface area contributed by atoms with Gasteiger partial charge in [0.1, 0.15) is 5.82 Å². The molecule has 1 saturated carbocycles. The van der Waals surface area contributed by atoms with E-state index in [4.69, 9.17) is 5.84 Å². The van der Waals surface area contributed by atoms with E-state index >= 15 is 0 Å². The first-order valence-electron chi connectivity index (χ1n) is 6.93. The van der Waals surface area contributed by atoms with Gasteiger partial charge in [-0.05, 0) is 48.9 Å². The average Bonchev–Trinajstić information content (AvgIpc) is 2.85. The molecule has 1 unspecified atom stereocenters. The highest BCUT2D eigenvalue weighted by molar-refractivity contribution is 5.29. The summed E-state index contributed by atoms with van der Waals surface area (Å²) in [5, 5.41) is 0. The molecule has 1 aromatic rings. The van der Waals surface area contributed by atoms with Gasteiger partial charge in [-0.1, -0.05) is 31.7 Å². The van der Waals surface area contributed by atoms with Crippen molar-refractivity contribution in [2.75, 3.05) is 0 Å². The fraction of sp³-hybridized carbons (Fsp3) is 0.600. The third-order valence-corrected chi connectivity index (χ3v) is 4.15. The Kier molecular flexibility index (Phi) is 4.72. The van der Waals surface area contributed by atoms with Gasteiger partial charge >= 0.3 is 0 Å². The molecular weight excluding hydrogens is 227 g/mol. The first kappa shape index (κ1) is 13.5. The Morgan fingerprint density at radius 2 is 2.11 bits per heavy atom. The van der Waals surface area contributed by atoms with Crippen molar-refractivity contribution in [2.24, 2.45) is 11.8 Å².